The molecule has 0 radical (unpaired) electrons. The second-order valence-corrected chi connectivity index (χ2v) is 7.74. The second-order valence-electron chi connectivity index (χ2n) is 7.74. The molecule has 0 saturated carbocycles. The fraction of sp³-hybridized carbons (Fsp3) is 0.556. The summed E-state index contributed by atoms with van der Waals surface area (Å²) in [6.07, 6.45) is 1.27. The molecule has 1 fully saturated rings. The number of carboxylic acids is 1. The Kier molecular flexibility index (Phi) is 4.34. The molecule has 2 aliphatic heterocycles. The van der Waals surface area contributed by atoms with E-state index in [4.69, 9.17) is 5.73 Å². The number of rotatable bonds is 4. The molecule has 3 rings (SSSR count). The number of nitrogen functional groups attached to an aromatic ring is 1. The van der Waals surface area contributed by atoms with Crippen molar-refractivity contribution in [3.63, 3.8) is 0 Å². The number of Topliss-reactive ketones (excluding diaryl/α,β-unsaturated/α-hetero) is 1. The number of anilines is 3. The fourth-order valence-corrected chi connectivity index (χ4v) is 4.16. The lowest BCUT2D eigenvalue weighted by Gasteiger charge is -2.44. The standard InChI is InChI=1S/C18H24FN3O4/c1-8(7-23)21-9-6-11-12(15(20)14(9)19)16(24)13(17(25)26)10-4-5-18(2,3)22(10)11/h6,8,10,13,21,23H,4-5,7,20H2,1-3H3,(H,25,26)/t8-,10?,13?/m1/s1. The Balaban J connectivity index is 2.23. The van der Waals surface area contributed by atoms with Gasteiger partial charge >= 0.3 is 5.97 Å². The minimum atomic E-state index is -1.26. The number of nitrogens with zero attached hydrogens (tertiary/aromatic N) is 1. The second kappa shape index (κ2) is 6.12. The number of aliphatic hydroxyl groups is 1. The molecule has 0 aromatic heterocycles. The highest BCUT2D eigenvalue weighted by Gasteiger charge is 2.53. The number of nitrogens with two attached hydrogens (primary N) is 1. The maximum atomic E-state index is 14.7. The van der Waals surface area contributed by atoms with Crippen molar-refractivity contribution in [2.45, 2.75) is 51.2 Å². The molecule has 8 heteroatoms. The summed E-state index contributed by atoms with van der Waals surface area (Å²) >= 11 is 0. The van der Waals surface area contributed by atoms with Crippen molar-refractivity contribution in [1.82, 2.24) is 0 Å². The van der Waals surface area contributed by atoms with Crippen molar-refractivity contribution in [3.8, 4) is 0 Å². The lowest BCUT2D eigenvalue weighted by atomic mass is 9.83. The summed E-state index contributed by atoms with van der Waals surface area (Å²) in [5, 5.41) is 21.7. The zero-order valence-corrected chi connectivity index (χ0v) is 15.0. The molecule has 0 amide bonds. The molecule has 1 aromatic rings. The zero-order chi connectivity index (χ0) is 19.4. The number of fused-ring (bicyclic) bond motifs is 3. The molecule has 1 aromatic carbocycles. The van der Waals surface area contributed by atoms with Crippen LogP contribution in [0, 0.1) is 11.7 Å². The number of aliphatic hydroxyl groups excluding tert-OH is 1. The predicted octanol–water partition coefficient (Wildman–Crippen LogP) is 1.85. The minimum Gasteiger partial charge on any atom is -0.481 e. The van der Waals surface area contributed by atoms with Crippen LogP contribution < -0.4 is 16.0 Å². The SMILES string of the molecule is C[C@H](CO)Nc1cc2c(c(N)c1F)C(=O)C(C(=O)O)C1CCC(C)(C)N21. The summed E-state index contributed by atoms with van der Waals surface area (Å²) in [7, 11) is 0. The van der Waals surface area contributed by atoms with Crippen LogP contribution in [0.4, 0.5) is 21.5 Å². The molecule has 142 valence electrons. The van der Waals surface area contributed by atoms with Crippen LogP contribution in [0.1, 0.15) is 44.0 Å². The van der Waals surface area contributed by atoms with Gasteiger partial charge in [0.2, 0.25) is 0 Å². The molecular formula is C18H24FN3O4. The van der Waals surface area contributed by atoms with Crippen molar-refractivity contribution in [1.29, 1.82) is 0 Å². The van der Waals surface area contributed by atoms with Gasteiger partial charge < -0.3 is 26.2 Å². The Hall–Kier alpha value is -2.35. The highest BCUT2D eigenvalue weighted by molar-refractivity contribution is 6.17. The molecule has 0 bridgehead atoms. The van der Waals surface area contributed by atoms with E-state index in [1.54, 1.807) is 6.92 Å². The van der Waals surface area contributed by atoms with Crippen LogP contribution >= 0.6 is 0 Å². The highest BCUT2D eigenvalue weighted by Crippen LogP contribution is 2.49. The summed E-state index contributed by atoms with van der Waals surface area (Å²) in [5.74, 6) is -3.94. The van der Waals surface area contributed by atoms with Crippen molar-refractivity contribution >= 4 is 28.8 Å². The van der Waals surface area contributed by atoms with E-state index < -0.39 is 41.1 Å². The Morgan fingerprint density at radius 3 is 2.77 bits per heavy atom. The maximum Gasteiger partial charge on any atom is 0.316 e. The van der Waals surface area contributed by atoms with Gasteiger partial charge in [-0.05, 0) is 39.7 Å². The van der Waals surface area contributed by atoms with Crippen LogP contribution in [-0.4, -0.2) is 46.2 Å². The number of nitrogens with one attached hydrogen (secondary N) is 1. The lowest BCUT2D eigenvalue weighted by molar-refractivity contribution is -0.140. The number of hydrogen-bond donors (Lipinski definition) is 4. The molecule has 5 N–H and O–H groups in total. The lowest BCUT2D eigenvalue weighted by Crippen LogP contribution is -2.54. The van der Waals surface area contributed by atoms with Crippen molar-refractivity contribution in [3.05, 3.63) is 17.4 Å². The predicted molar refractivity (Wildman–Crippen MR) is 96.0 cm³/mol. The Labute approximate surface area is 151 Å². The first-order chi connectivity index (χ1) is 12.1. The Morgan fingerprint density at radius 1 is 1.54 bits per heavy atom. The number of halogens is 1. The number of hydrogen-bond acceptors (Lipinski definition) is 6. The minimum absolute atomic E-state index is 0.0664. The molecule has 2 heterocycles. The average Bonchev–Trinajstić information content (AvgIpc) is 2.86. The molecule has 26 heavy (non-hydrogen) atoms. The largest absolute Gasteiger partial charge is 0.481 e. The fourth-order valence-electron chi connectivity index (χ4n) is 4.16. The van der Waals surface area contributed by atoms with Gasteiger partial charge in [0.05, 0.1) is 35.3 Å². The van der Waals surface area contributed by atoms with E-state index in [1.165, 1.54) is 6.07 Å². The third-order valence-electron chi connectivity index (χ3n) is 5.43. The first-order valence-corrected chi connectivity index (χ1v) is 8.66. The van der Waals surface area contributed by atoms with E-state index in [2.05, 4.69) is 5.32 Å². The smallest absolute Gasteiger partial charge is 0.316 e. The van der Waals surface area contributed by atoms with Gasteiger partial charge in [0.25, 0.3) is 0 Å². The molecule has 1 saturated heterocycles. The van der Waals surface area contributed by atoms with Gasteiger partial charge in [-0.15, -0.1) is 0 Å². The number of carbonyl (C=O) groups excluding carboxylic acids is 1. The number of carboxylic acid groups (broad SMARTS) is 1. The first-order valence-electron chi connectivity index (χ1n) is 8.66. The molecule has 2 aliphatic rings. The van der Waals surface area contributed by atoms with Crippen LogP contribution in [0.3, 0.4) is 0 Å². The van der Waals surface area contributed by atoms with Crippen LogP contribution in [-0.2, 0) is 4.79 Å². The summed E-state index contributed by atoms with van der Waals surface area (Å²) < 4.78 is 14.7. The number of aliphatic carboxylic acids is 1. The molecule has 7 nitrogen and oxygen atoms in total. The third-order valence-corrected chi connectivity index (χ3v) is 5.43. The topological polar surface area (TPSA) is 116 Å². The van der Waals surface area contributed by atoms with Gasteiger partial charge in [-0.3, -0.25) is 9.59 Å². The van der Waals surface area contributed by atoms with Gasteiger partial charge in [0.15, 0.2) is 11.6 Å². The van der Waals surface area contributed by atoms with E-state index >= 15 is 0 Å². The Morgan fingerprint density at radius 2 is 2.19 bits per heavy atom. The van der Waals surface area contributed by atoms with Crippen molar-refractivity contribution in [2.75, 3.05) is 22.6 Å². The number of ketones is 1. The third kappa shape index (κ3) is 2.59. The monoisotopic (exact) mass is 365 g/mol. The van der Waals surface area contributed by atoms with Crippen LogP contribution in [0.25, 0.3) is 0 Å². The van der Waals surface area contributed by atoms with Gasteiger partial charge in [0, 0.05) is 11.6 Å². The molecule has 0 spiro atoms. The van der Waals surface area contributed by atoms with Crippen molar-refractivity contribution < 1.29 is 24.2 Å². The maximum absolute atomic E-state index is 14.7. The summed E-state index contributed by atoms with van der Waals surface area (Å²) in [5.41, 5.74) is 5.66. The van der Waals surface area contributed by atoms with E-state index in [1.807, 2.05) is 18.7 Å². The van der Waals surface area contributed by atoms with Crippen molar-refractivity contribution in [2.24, 2.45) is 5.92 Å². The highest BCUT2D eigenvalue weighted by atomic mass is 19.1. The van der Waals surface area contributed by atoms with Crippen LogP contribution in [0.2, 0.25) is 0 Å². The first kappa shape index (κ1) is 18.4. The van der Waals surface area contributed by atoms with Crippen LogP contribution in [0.15, 0.2) is 6.07 Å². The molecular weight excluding hydrogens is 341 g/mol. The van der Waals surface area contributed by atoms with Gasteiger partial charge in [-0.2, -0.15) is 0 Å². The van der Waals surface area contributed by atoms with Gasteiger partial charge in [-0.25, -0.2) is 4.39 Å². The van der Waals surface area contributed by atoms with E-state index in [0.717, 1.165) is 0 Å². The van der Waals surface area contributed by atoms with E-state index in [0.29, 0.717) is 18.5 Å². The van der Waals surface area contributed by atoms with E-state index in [-0.39, 0.29) is 23.5 Å². The van der Waals surface area contributed by atoms with E-state index in [9.17, 15) is 24.2 Å². The molecule has 2 unspecified atom stereocenters. The average molecular weight is 365 g/mol. The normalized spacial score (nSPS) is 24.8. The zero-order valence-electron chi connectivity index (χ0n) is 15.0. The molecule has 0 aliphatic carbocycles. The summed E-state index contributed by atoms with van der Waals surface area (Å²) in [6.45, 7) is 5.42. The number of benzene rings is 1. The van der Waals surface area contributed by atoms with Gasteiger partial charge in [-0.1, -0.05) is 0 Å². The number of carbonyl (C=O) groups is 2. The Bertz CT molecular complexity index is 780. The summed E-state index contributed by atoms with van der Waals surface area (Å²) in [6, 6.07) is 0.606. The van der Waals surface area contributed by atoms with Gasteiger partial charge in [0.1, 0.15) is 5.92 Å². The summed E-state index contributed by atoms with van der Waals surface area (Å²) in [4.78, 5) is 26.5. The molecule has 3 atom stereocenters. The quantitative estimate of drug-likeness (QED) is 0.475. The van der Waals surface area contributed by atoms with Crippen LogP contribution in [0.5, 0.6) is 0 Å².